The first-order chi connectivity index (χ1) is 7.83. The number of hydrogen-bond donors (Lipinski definition) is 1. The molecule has 17 heavy (non-hydrogen) atoms. The first-order valence-corrected chi connectivity index (χ1v) is 7.22. The summed E-state index contributed by atoms with van der Waals surface area (Å²) in [5.41, 5.74) is 0.346. The molecule has 1 saturated heterocycles. The lowest BCUT2D eigenvalue weighted by atomic mass is 9.74. The summed E-state index contributed by atoms with van der Waals surface area (Å²) in [7, 11) is 0. The first kappa shape index (κ1) is 15.0. The fourth-order valence-corrected chi connectivity index (χ4v) is 2.50. The molecule has 0 amide bonds. The second kappa shape index (κ2) is 6.19. The van der Waals surface area contributed by atoms with Crippen LogP contribution in [0.25, 0.3) is 0 Å². The van der Waals surface area contributed by atoms with E-state index in [1.165, 1.54) is 19.3 Å². The van der Waals surface area contributed by atoms with Crippen LogP contribution in [-0.2, 0) is 4.74 Å². The maximum absolute atomic E-state index is 5.99. The minimum absolute atomic E-state index is 0.346. The third-order valence-corrected chi connectivity index (χ3v) is 4.32. The van der Waals surface area contributed by atoms with Crippen molar-refractivity contribution in [2.24, 2.45) is 11.3 Å². The summed E-state index contributed by atoms with van der Waals surface area (Å²) in [4.78, 5) is 0. The van der Waals surface area contributed by atoms with Gasteiger partial charge < -0.3 is 10.1 Å². The Bertz CT molecular complexity index is 227. The molecule has 0 spiro atoms. The standard InChI is InChI=1S/C15H31NO/c1-11(2)15(6,10-16-12(3)4)9-14-8-7-13(5)17-14/h11-14,16H,7-10H2,1-6H3. The molecule has 1 rings (SSSR count). The molecule has 0 aromatic carbocycles. The molecule has 1 fully saturated rings. The Morgan fingerprint density at radius 2 is 1.88 bits per heavy atom. The SMILES string of the molecule is CC(C)NCC(C)(CC1CCC(C)O1)C(C)C. The Hall–Kier alpha value is -0.0800. The van der Waals surface area contributed by atoms with Crippen molar-refractivity contribution < 1.29 is 4.74 Å². The van der Waals surface area contributed by atoms with Gasteiger partial charge in [0.25, 0.3) is 0 Å². The van der Waals surface area contributed by atoms with Gasteiger partial charge in [-0.2, -0.15) is 0 Å². The second-order valence-electron chi connectivity index (χ2n) is 6.69. The van der Waals surface area contributed by atoms with Crippen LogP contribution in [0, 0.1) is 11.3 Å². The van der Waals surface area contributed by atoms with Gasteiger partial charge in [-0.25, -0.2) is 0 Å². The molecule has 2 nitrogen and oxygen atoms in total. The van der Waals surface area contributed by atoms with Crippen molar-refractivity contribution in [2.75, 3.05) is 6.54 Å². The highest BCUT2D eigenvalue weighted by molar-refractivity contribution is 4.86. The van der Waals surface area contributed by atoms with E-state index in [0.717, 1.165) is 6.54 Å². The Labute approximate surface area is 108 Å². The van der Waals surface area contributed by atoms with Crippen LogP contribution in [0.1, 0.15) is 60.8 Å². The van der Waals surface area contributed by atoms with Crippen molar-refractivity contribution in [1.29, 1.82) is 0 Å². The molecule has 1 aliphatic heterocycles. The average Bonchev–Trinajstić information content (AvgIpc) is 2.60. The highest BCUT2D eigenvalue weighted by Gasteiger charge is 2.34. The summed E-state index contributed by atoms with van der Waals surface area (Å²) in [5, 5.41) is 3.60. The van der Waals surface area contributed by atoms with Crippen molar-refractivity contribution in [3.8, 4) is 0 Å². The zero-order chi connectivity index (χ0) is 13.1. The fraction of sp³-hybridized carbons (Fsp3) is 1.00. The van der Waals surface area contributed by atoms with E-state index in [2.05, 4.69) is 46.9 Å². The van der Waals surface area contributed by atoms with Crippen molar-refractivity contribution in [2.45, 2.75) is 79.1 Å². The molecule has 0 saturated carbocycles. The third kappa shape index (κ3) is 4.59. The second-order valence-corrected chi connectivity index (χ2v) is 6.69. The van der Waals surface area contributed by atoms with E-state index in [1.54, 1.807) is 0 Å². The number of rotatable bonds is 6. The number of hydrogen-bond acceptors (Lipinski definition) is 2. The molecule has 2 heteroatoms. The van der Waals surface area contributed by atoms with Crippen LogP contribution in [0.2, 0.25) is 0 Å². The summed E-state index contributed by atoms with van der Waals surface area (Å²) in [6.45, 7) is 14.8. The largest absolute Gasteiger partial charge is 0.375 e. The van der Waals surface area contributed by atoms with Gasteiger partial charge in [-0.15, -0.1) is 0 Å². The Morgan fingerprint density at radius 3 is 2.29 bits per heavy atom. The number of ether oxygens (including phenoxy) is 1. The topological polar surface area (TPSA) is 21.3 Å². The van der Waals surface area contributed by atoms with Crippen LogP contribution < -0.4 is 5.32 Å². The maximum atomic E-state index is 5.99. The Morgan fingerprint density at radius 1 is 1.24 bits per heavy atom. The molecule has 3 unspecified atom stereocenters. The van der Waals surface area contributed by atoms with Gasteiger partial charge in [0.05, 0.1) is 12.2 Å². The van der Waals surface area contributed by atoms with E-state index in [0.29, 0.717) is 29.6 Å². The summed E-state index contributed by atoms with van der Waals surface area (Å²) in [6.07, 6.45) is 4.61. The predicted octanol–water partition coefficient (Wildman–Crippen LogP) is 3.60. The molecule has 0 radical (unpaired) electrons. The van der Waals surface area contributed by atoms with Gasteiger partial charge in [-0.1, -0.05) is 34.6 Å². The molecule has 1 N–H and O–H groups in total. The van der Waals surface area contributed by atoms with Gasteiger partial charge in [0.2, 0.25) is 0 Å². The average molecular weight is 241 g/mol. The lowest BCUT2D eigenvalue weighted by molar-refractivity contribution is 0.0131. The summed E-state index contributed by atoms with van der Waals surface area (Å²) < 4.78 is 5.99. The molecule has 0 aromatic rings. The van der Waals surface area contributed by atoms with Crippen molar-refractivity contribution >= 4 is 0 Å². The number of nitrogens with one attached hydrogen (secondary N) is 1. The molecule has 1 aliphatic rings. The van der Waals surface area contributed by atoms with Crippen LogP contribution in [0.15, 0.2) is 0 Å². The smallest absolute Gasteiger partial charge is 0.0585 e. The molecule has 0 aliphatic carbocycles. The zero-order valence-corrected chi connectivity index (χ0v) is 12.5. The van der Waals surface area contributed by atoms with E-state index < -0.39 is 0 Å². The molecule has 0 aromatic heterocycles. The van der Waals surface area contributed by atoms with Crippen molar-refractivity contribution in [3.05, 3.63) is 0 Å². The lowest BCUT2D eigenvalue weighted by Gasteiger charge is -2.37. The molecule has 3 atom stereocenters. The molecule has 102 valence electrons. The predicted molar refractivity (Wildman–Crippen MR) is 74.3 cm³/mol. The van der Waals surface area contributed by atoms with Gasteiger partial charge >= 0.3 is 0 Å². The Balaban J connectivity index is 2.52. The summed E-state index contributed by atoms with van der Waals surface area (Å²) in [5.74, 6) is 0.688. The highest BCUT2D eigenvalue weighted by atomic mass is 16.5. The van der Waals surface area contributed by atoms with Gasteiger partial charge in [0, 0.05) is 12.6 Å². The first-order valence-electron chi connectivity index (χ1n) is 7.22. The van der Waals surface area contributed by atoms with Crippen molar-refractivity contribution in [1.82, 2.24) is 5.32 Å². The van der Waals surface area contributed by atoms with Gasteiger partial charge in [0.1, 0.15) is 0 Å². The van der Waals surface area contributed by atoms with Crippen LogP contribution >= 0.6 is 0 Å². The minimum atomic E-state index is 0.346. The Kier molecular flexibility index (Phi) is 5.46. The quantitative estimate of drug-likeness (QED) is 0.767. The van der Waals surface area contributed by atoms with Crippen LogP contribution in [0.3, 0.4) is 0 Å². The maximum Gasteiger partial charge on any atom is 0.0585 e. The highest BCUT2D eigenvalue weighted by Crippen LogP contribution is 2.36. The van der Waals surface area contributed by atoms with Crippen LogP contribution in [0.5, 0.6) is 0 Å². The lowest BCUT2D eigenvalue weighted by Crippen LogP contribution is -2.41. The van der Waals surface area contributed by atoms with E-state index in [9.17, 15) is 0 Å². The fourth-order valence-electron chi connectivity index (χ4n) is 2.50. The van der Waals surface area contributed by atoms with Crippen LogP contribution in [-0.4, -0.2) is 24.8 Å². The third-order valence-electron chi connectivity index (χ3n) is 4.32. The van der Waals surface area contributed by atoms with E-state index in [1.807, 2.05) is 0 Å². The normalized spacial score (nSPS) is 28.9. The molecular weight excluding hydrogens is 210 g/mol. The van der Waals surface area contributed by atoms with Gasteiger partial charge in [-0.3, -0.25) is 0 Å². The zero-order valence-electron chi connectivity index (χ0n) is 12.5. The van der Waals surface area contributed by atoms with E-state index >= 15 is 0 Å². The van der Waals surface area contributed by atoms with E-state index in [-0.39, 0.29) is 0 Å². The minimum Gasteiger partial charge on any atom is -0.375 e. The molecule has 0 bridgehead atoms. The molecule has 1 heterocycles. The van der Waals surface area contributed by atoms with Crippen molar-refractivity contribution in [3.63, 3.8) is 0 Å². The summed E-state index contributed by atoms with van der Waals surface area (Å²) in [6, 6.07) is 0.566. The van der Waals surface area contributed by atoms with Gasteiger partial charge in [-0.05, 0) is 37.5 Å². The van der Waals surface area contributed by atoms with Gasteiger partial charge in [0.15, 0.2) is 0 Å². The molecular formula is C15H31NO. The monoisotopic (exact) mass is 241 g/mol. The van der Waals surface area contributed by atoms with E-state index in [4.69, 9.17) is 4.74 Å². The summed E-state index contributed by atoms with van der Waals surface area (Å²) >= 11 is 0. The van der Waals surface area contributed by atoms with Crippen LogP contribution in [0.4, 0.5) is 0 Å².